The summed E-state index contributed by atoms with van der Waals surface area (Å²) in [6.45, 7) is 1.57. The van der Waals surface area contributed by atoms with Crippen molar-refractivity contribution in [2.24, 2.45) is 0 Å². The topological polar surface area (TPSA) is 90.9 Å². The zero-order valence-corrected chi connectivity index (χ0v) is 11.8. The Balaban J connectivity index is 1.77. The number of aliphatic hydroxyl groups is 1. The molecule has 1 aromatic heterocycles. The lowest BCUT2D eigenvalue weighted by Crippen LogP contribution is -2.46. The van der Waals surface area contributed by atoms with Gasteiger partial charge >= 0.3 is 0 Å². The van der Waals surface area contributed by atoms with Crippen LogP contribution in [-0.2, 0) is 5.54 Å². The highest BCUT2D eigenvalue weighted by molar-refractivity contribution is 5.91. The average Bonchev–Trinajstić information content (AvgIpc) is 3.25. The molecular formula is C15H18N4O2. The normalized spacial score (nSPS) is 17.2. The van der Waals surface area contributed by atoms with Gasteiger partial charge in [0.15, 0.2) is 0 Å². The van der Waals surface area contributed by atoms with E-state index in [4.69, 9.17) is 0 Å². The molecule has 1 heterocycles. The van der Waals surface area contributed by atoms with E-state index in [0.29, 0.717) is 5.92 Å². The van der Waals surface area contributed by atoms with Crippen LogP contribution in [0, 0.1) is 0 Å². The molecular weight excluding hydrogens is 268 g/mol. The van der Waals surface area contributed by atoms with Gasteiger partial charge in [0.05, 0.1) is 12.1 Å². The van der Waals surface area contributed by atoms with E-state index < -0.39 is 11.4 Å². The van der Waals surface area contributed by atoms with Gasteiger partial charge in [-0.05, 0) is 25.3 Å². The Hall–Kier alpha value is -2.21. The maximum absolute atomic E-state index is 12.3. The van der Waals surface area contributed by atoms with E-state index in [2.05, 4.69) is 20.5 Å². The molecule has 2 aromatic rings. The lowest BCUT2D eigenvalue weighted by molar-refractivity contribution is 0.0839. The summed E-state index contributed by atoms with van der Waals surface area (Å²) in [6.07, 6.45) is 2.18. The molecule has 1 fully saturated rings. The average molecular weight is 286 g/mol. The second kappa shape index (κ2) is 5.29. The highest BCUT2D eigenvalue weighted by Crippen LogP contribution is 2.37. The van der Waals surface area contributed by atoms with Crippen molar-refractivity contribution in [1.29, 1.82) is 0 Å². The number of nitrogens with zero attached hydrogens (tertiary/aromatic N) is 2. The van der Waals surface area contributed by atoms with Gasteiger partial charge in [-0.15, -0.1) is 5.10 Å². The summed E-state index contributed by atoms with van der Waals surface area (Å²) in [4.78, 5) is 16.5. The third kappa shape index (κ3) is 2.80. The van der Waals surface area contributed by atoms with Gasteiger partial charge in [-0.3, -0.25) is 9.89 Å². The minimum absolute atomic E-state index is 0.118. The molecule has 1 aliphatic carbocycles. The quantitative estimate of drug-likeness (QED) is 0.773. The predicted molar refractivity (Wildman–Crippen MR) is 76.7 cm³/mol. The van der Waals surface area contributed by atoms with Gasteiger partial charge in [0.2, 0.25) is 5.82 Å². The molecule has 1 atom stereocenters. The molecule has 6 heteroatoms. The van der Waals surface area contributed by atoms with Crippen LogP contribution in [0.5, 0.6) is 0 Å². The summed E-state index contributed by atoms with van der Waals surface area (Å²) >= 11 is 0. The maximum atomic E-state index is 12.3. The van der Waals surface area contributed by atoms with Crippen LogP contribution in [0.3, 0.4) is 0 Å². The Morgan fingerprint density at radius 3 is 2.76 bits per heavy atom. The monoisotopic (exact) mass is 286 g/mol. The van der Waals surface area contributed by atoms with Crippen molar-refractivity contribution < 1.29 is 9.90 Å². The number of benzene rings is 1. The van der Waals surface area contributed by atoms with E-state index in [1.54, 1.807) is 6.92 Å². The van der Waals surface area contributed by atoms with E-state index in [1.807, 2.05) is 30.3 Å². The molecule has 1 aromatic carbocycles. The number of H-pyrrole nitrogens is 1. The minimum atomic E-state index is -0.862. The van der Waals surface area contributed by atoms with Crippen molar-refractivity contribution in [1.82, 2.24) is 20.5 Å². The molecule has 3 rings (SSSR count). The fourth-order valence-electron chi connectivity index (χ4n) is 2.23. The second-order valence-corrected chi connectivity index (χ2v) is 5.63. The molecule has 0 aliphatic heterocycles. The van der Waals surface area contributed by atoms with Crippen molar-refractivity contribution in [2.75, 3.05) is 6.61 Å². The summed E-state index contributed by atoms with van der Waals surface area (Å²) in [5.41, 5.74) is -0.0302. The Bertz CT molecular complexity index is 636. The number of hydrogen-bond donors (Lipinski definition) is 3. The second-order valence-electron chi connectivity index (χ2n) is 5.63. The first-order chi connectivity index (χ1) is 10.1. The largest absolute Gasteiger partial charge is 0.394 e. The van der Waals surface area contributed by atoms with Crippen LogP contribution in [0.15, 0.2) is 30.3 Å². The predicted octanol–water partition coefficient (Wildman–Crippen LogP) is 1.32. The molecule has 1 saturated carbocycles. The van der Waals surface area contributed by atoms with E-state index >= 15 is 0 Å². The molecule has 0 spiro atoms. The minimum Gasteiger partial charge on any atom is -0.394 e. The summed E-state index contributed by atoms with van der Waals surface area (Å²) in [5.74, 6) is 0.911. The first-order valence-electron chi connectivity index (χ1n) is 7.03. The molecule has 6 nitrogen and oxygen atoms in total. The standard InChI is InChI=1S/C15H18N4O2/c1-15(9-20,11-5-3-2-4-6-11)17-14(21)13-16-12(18-19-13)10-7-8-10/h2-6,10,20H,7-9H2,1H3,(H,17,21)(H,16,18,19). The van der Waals surface area contributed by atoms with Gasteiger partial charge in [0.1, 0.15) is 5.82 Å². The van der Waals surface area contributed by atoms with Gasteiger partial charge < -0.3 is 10.4 Å². The molecule has 0 radical (unpaired) electrons. The molecule has 1 aliphatic rings. The number of aromatic nitrogens is 3. The zero-order valence-electron chi connectivity index (χ0n) is 11.8. The van der Waals surface area contributed by atoms with Gasteiger partial charge in [-0.2, -0.15) is 0 Å². The Morgan fingerprint density at radius 2 is 2.14 bits per heavy atom. The Kier molecular flexibility index (Phi) is 3.47. The van der Waals surface area contributed by atoms with Crippen LogP contribution in [0.2, 0.25) is 0 Å². The highest BCUT2D eigenvalue weighted by Gasteiger charge is 2.31. The van der Waals surface area contributed by atoms with E-state index in [9.17, 15) is 9.90 Å². The lowest BCUT2D eigenvalue weighted by atomic mass is 9.93. The number of nitrogens with one attached hydrogen (secondary N) is 2. The third-order valence-corrected chi connectivity index (χ3v) is 3.79. The summed E-state index contributed by atoms with van der Waals surface area (Å²) in [6, 6.07) is 9.36. The van der Waals surface area contributed by atoms with Crippen LogP contribution in [-0.4, -0.2) is 32.8 Å². The lowest BCUT2D eigenvalue weighted by Gasteiger charge is -2.28. The third-order valence-electron chi connectivity index (χ3n) is 3.79. The first-order valence-corrected chi connectivity index (χ1v) is 7.03. The van der Waals surface area contributed by atoms with Crippen molar-refractivity contribution >= 4 is 5.91 Å². The molecule has 1 unspecified atom stereocenters. The number of amides is 1. The summed E-state index contributed by atoms with van der Waals surface area (Å²) in [7, 11) is 0. The molecule has 0 saturated heterocycles. The molecule has 1 amide bonds. The van der Waals surface area contributed by atoms with E-state index in [0.717, 1.165) is 24.2 Å². The number of carbonyl (C=O) groups excluding carboxylic acids is 1. The fourth-order valence-corrected chi connectivity index (χ4v) is 2.23. The number of aliphatic hydroxyl groups excluding tert-OH is 1. The smallest absolute Gasteiger partial charge is 0.291 e. The number of carbonyl (C=O) groups is 1. The van der Waals surface area contributed by atoms with E-state index in [1.165, 1.54) is 0 Å². The van der Waals surface area contributed by atoms with Crippen LogP contribution in [0.25, 0.3) is 0 Å². The van der Waals surface area contributed by atoms with Gasteiger partial charge in [-0.25, -0.2) is 4.98 Å². The van der Waals surface area contributed by atoms with Crippen molar-refractivity contribution in [2.45, 2.75) is 31.2 Å². The van der Waals surface area contributed by atoms with Crippen LogP contribution >= 0.6 is 0 Å². The number of hydrogen-bond acceptors (Lipinski definition) is 4. The van der Waals surface area contributed by atoms with Crippen LogP contribution in [0.4, 0.5) is 0 Å². The first kappa shape index (κ1) is 13.8. The maximum Gasteiger partial charge on any atom is 0.291 e. The van der Waals surface area contributed by atoms with Crippen LogP contribution < -0.4 is 5.32 Å². The highest BCUT2D eigenvalue weighted by atomic mass is 16.3. The Morgan fingerprint density at radius 1 is 1.43 bits per heavy atom. The molecule has 21 heavy (non-hydrogen) atoms. The fraction of sp³-hybridized carbons (Fsp3) is 0.400. The molecule has 3 N–H and O–H groups in total. The van der Waals surface area contributed by atoms with Crippen molar-refractivity contribution in [3.63, 3.8) is 0 Å². The van der Waals surface area contributed by atoms with E-state index in [-0.39, 0.29) is 12.4 Å². The Labute approximate surface area is 122 Å². The van der Waals surface area contributed by atoms with Crippen molar-refractivity contribution in [3.8, 4) is 0 Å². The zero-order chi connectivity index (χ0) is 14.9. The number of rotatable bonds is 5. The van der Waals surface area contributed by atoms with Crippen molar-refractivity contribution in [3.05, 3.63) is 47.5 Å². The summed E-state index contributed by atoms with van der Waals surface area (Å²) in [5, 5.41) is 19.3. The van der Waals surface area contributed by atoms with Gasteiger partial charge in [0, 0.05) is 5.92 Å². The van der Waals surface area contributed by atoms with Gasteiger partial charge in [-0.1, -0.05) is 30.3 Å². The van der Waals surface area contributed by atoms with Crippen LogP contribution in [0.1, 0.15) is 47.7 Å². The SMILES string of the molecule is CC(CO)(NC(=O)c1n[nH]c(C2CC2)n1)c1ccccc1. The van der Waals surface area contributed by atoms with Gasteiger partial charge in [0.25, 0.3) is 5.91 Å². The molecule has 110 valence electrons. The number of aromatic amines is 1. The summed E-state index contributed by atoms with van der Waals surface area (Å²) < 4.78 is 0. The molecule has 0 bridgehead atoms.